The van der Waals surface area contributed by atoms with Crippen LogP contribution in [0.15, 0.2) is 12.1 Å². The normalized spacial score (nSPS) is 26.5. The second-order valence-electron chi connectivity index (χ2n) is 14.9. The van der Waals surface area contributed by atoms with E-state index in [2.05, 4.69) is 9.88 Å². The first-order valence-electron chi connectivity index (χ1n) is 17.7. The third-order valence-electron chi connectivity index (χ3n) is 11.8. The maximum Gasteiger partial charge on any atom is 0.415 e. The predicted octanol–water partition coefficient (Wildman–Crippen LogP) is 5.81. The molecule has 0 spiro atoms. The third-order valence-corrected chi connectivity index (χ3v) is 12.8. The topological polar surface area (TPSA) is 124 Å². The van der Waals surface area contributed by atoms with Gasteiger partial charge in [-0.3, -0.25) is 9.80 Å². The van der Waals surface area contributed by atoms with Crippen molar-refractivity contribution in [3.8, 4) is 23.2 Å². The number of fused-ring (bicyclic) bond motifs is 7. The molecule has 17 heteroatoms. The number of likely N-dealkylation sites (tertiary alicyclic amines) is 1. The zero-order valence-electron chi connectivity index (χ0n) is 28.4. The molecule has 0 amide bonds. The Morgan fingerprint density at radius 3 is 2.58 bits per heavy atom. The fourth-order valence-electron chi connectivity index (χ4n) is 9.52. The van der Waals surface area contributed by atoms with Crippen LogP contribution >= 0.6 is 11.3 Å². The zero-order valence-corrected chi connectivity index (χ0v) is 29.2. The lowest BCUT2D eigenvalue weighted by Crippen LogP contribution is -2.56. The van der Waals surface area contributed by atoms with Crippen LogP contribution in [0.25, 0.3) is 32.1 Å². The predicted molar refractivity (Wildman–Crippen MR) is 184 cm³/mol. The molecule has 2 bridgehead atoms. The number of aromatic nitrogens is 2. The fourth-order valence-corrected chi connectivity index (χ4v) is 10.5. The minimum Gasteiger partial charge on any atom is -0.461 e. The van der Waals surface area contributed by atoms with Crippen molar-refractivity contribution in [2.24, 2.45) is 0 Å². The number of hydrogen-bond acceptors (Lipinski definition) is 11. The smallest absolute Gasteiger partial charge is 0.415 e. The van der Waals surface area contributed by atoms with Gasteiger partial charge in [0.2, 0.25) is 0 Å². The van der Waals surface area contributed by atoms with Crippen LogP contribution in [0.1, 0.15) is 48.8 Å². The first-order valence-corrected chi connectivity index (χ1v) is 18.5. The summed E-state index contributed by atoms with van der Waals surface area (Å²) < 4.78 is 101. The van der Waals surface area contributed by atoms with Gasteiger partial charge in [-0.1, -0.05) is 0 Å². The van der Waals surface area contributed by atoms with E-state index in [-0.39, 0.29) is 90.0 Å². The molecule has 280 valence electrons. The van der Waals surface area contributed by atoms with Crippen molar-refractivity contribution < 1.29 is 40.9 Å². The van der Waals surface area contributed by atoms with Gasteiger partial charge in [0.1, 0.15) is 41.0 Å². The van der Waals surface area contributed by atoms with Gasteiger partial charge in [-0.05, 0) is 55.5 Å². The summed E-state index contributed by atoms with van der Waals surface area (Å²) in [5.74, 6) is -1.31. The lowest BCUT2D eigenvalue weighted by molar-refractivity contribution is -0.208. The summed E-state index contributed by atoms with van der Waals surface area (Å²) in [6.07, 6.45) is -5.19. The summed E-state index contributed by atoms with van der Waals surface area (Å²) in [4.78, 5) is 15.1. The Morgan fingerprint density at radius 2 is 1.85 bits per heavy atom. The van der Waals surface area contributed by atoms with Crippen molar-refractivity contribution >= 4 is 43.1 Å². The second-order valence-corrected chi connectivity index (χ2v) is 16.0. The van der Waals surface area contributed by atoms with Gasteiger partial charge < -0.3 is 25.2 Å². The van der Waals surface area contributed by atoms with Gasteiger partial charge in [0.25, 0.3) is 0 Å². The maximum absolute atomic E-state index is 17.5. The highest BCUT2D eigenvalue weighted by Gasteiger charge is 2.50. The molecule has 4 fully saturated rings. The number of β-amino-alcohol motifs (C(OH)–C–C–N with tert-alkyl or cyclic N) is 1. The first kappa shape index (κ1) is 34.8. The standard InChI is InChI=1S/C36H35F6N7O3S/c37-17-8-35(6-1-7-48(35)10-17)16-52-34-45-31-28(33(46-34)49-18-2-3-19(49)12-47(11-18)13-25(50)36(40,41)42)22-15-51-14-21(22)27(30(31)39)29-23(38)4-5-24-26(29)20(9-43)32(44)53-24/h4-5,17-19,25,50H,1-3,6-8,10-16,44H2/t17?,18?,19?,25-,35-/m0/s1. The van der Waals surface area contributed by atoms with Crippen molar-refractivity contribution in [1.82, 2.24) is 19.8 Å². The Kier molecular flexibility index (Phi) is 8.24. The number of piperazine rings is 1. The van der Waals surface area contributed by atoms with Crippen LogP contribution in [0, 0.1) is 23.0 Å². The number of thiophene rings is 1. The molecule has 2 aromatic heterocycles. The molecule has 7 heterocycles. The number of aliphatic hydroxyl groups is 1. The molecular formula is C36H35F6N7O3S. The monoisotopic (exact) mass is 759 g/mol. The quantitative estimate of drug-likeness (QED) is 0.224. The van der Waals surface area contributed by atoms with Gasteiger partial charge >= 0.3 is 12.2 Å². The van der Waals surface area contributed by atoms with Gasteiger partial charge in [-0.15, -0.1) is 11.3 Å². The molecule has 3 N–H and O–H groups in total. The van der Waals surface area contributed by atoms with Crippen molar-refractivity contribution in [2.75, 3.05) is 50.0 Å². The Morgan fingerprint density at radius 1 is 1.09 bits per heavy atom. The van der Waals surface area contributed by atoms with Crippen LogP contribution in [0.3, 0.4) is 0 Å². The largest absolute Gasteiger partial charge is 0.461 e. The molecule has 0 radical (unpaired) electrons. The van der Waals surface area contributed by atoms with Crippen LogP contribution in [0.4, 0.5) is 37.2 Å². The average Bonchev–Trinajstić information content (AvgIpc) is 3.92. The number of hydrogen-bond donors (Lipinski definition) is 2. The van der Waals surface area contributed by atoms with Crippen LogP contribution in [-0.4, -0.2) is 100 Å². The molecule has 5 aliphatic rings. The SMILES string of the molecule is N#Cc1c(N)sc2ccc(F)c(-c3c4c(c5c(N6C7CCC6CN(C[C@H](O)C(F)(F)F)C7)nc(OC[C@@]67CCCN6CC(F)C7)nc5c3F)COC4)c12. The van der Waals surface area contributed by atoms with Crippen molar-refractivity contribution in [3.05, 3.63) is 40.5 Å². The van der Waals surface area contributed by atoms with E-state index in [9.17, 15) is 27.9 Å². The number of halogens is 6. The first-order chi connectivity index (χ1) is 25.4. The number of nitrogens with two attached hydrogens (primary N) is 1. The van der Waals surface area contributed by atoms with Crippen LogP contribution in [-0.2, 0) is 18.0 Å². The van der Waals surface area contributed by atoms with Crippen molar-refractivity contribution in [1.29, 1.82) is 5.26 Å². The van der Waals surface area contributed by atoms with Gasteiger partial charge in [0.05, 0.1) is 29.7 Å². The minimum absolute atomic E-state index is 0.0210. The lowest BCUT2D eigenvalue weighted by Gasteiger charge is -2.43. The Labute approximate surface area is 303 Å². The number of ether oxygens (including phenoxy) is 2. The van der Waals surface area contributed by atoms with E-state index in [0.717, 1.165) is 24.3 Å². The maximum atomic E-state index is 17.5. The van der Waals surface area contributed by atoms with E-state index in [0.29, 0.717) is 52.8 Å². The van der Waals surface area contributed by atoms with E-state index >= 15 is 8.78 Å². The van der Waals surface area contributed by atoms with Crippen molar-refractivity contribution in [3.63, 3.8) is 0 Å². The number of benzene rings is 2. The van der Waals surface area contributed by atoms with E-state index in [1.54, 1.807) is 4.90 Å². The molecule has 53 heavy (non-hydrogen) atoms. The summed E-state index contributed by atoms with van der Waals surface area (Å²) in [5, 5.41) is 20.5. The minimum atomic E-state index is -4.76. The molecule has 0 aliphatic carbocycles. The summed E-state index contributed by atoms with van der Waals surface area (Å²) in [7, 11) is 0. The van der Waals surface area contributed by atoms with E-state index in [4.69, 9.17) is 20.2 Å². The number of nitriles is 1. The summed E-state index contributed by atoms with van der Waals surface area (Å²) >= 11 is 1.10. The average molecular weight is 760 g/mol. The van der Waals surface area contributed by atoms with Gasteiger partial charge in [0, 0.05) is 65.9 Å². The van der Waals surface area contributed by atoms with E-state index in [1.165, 1.54) is 12.1 Å². The zero-order chi connectivity index (χ0) is 37.0. The van der Waals surface area contributed by atoms with Crippen LogP contribution < -0.4 is 15.4 Å². The van der Waals surface area contributed by atoms with Gasteiger partial charge in [-0.2, -0.15) is 28.4 Å². The van der Waals surface area contributed by atoms with Gasteiger partial charge in [-0.25, -0.2) is 13.2 Å². The van der Waals surface area contributed by atoms with E-state index in [1.807, 2.05) is 11.0 Å². The van der Waals surface area contributed by atoms with Crippen LogP contribution in [0.2, 0.25) is 0 Å². The Bertz CT molecular complexity index is 2180. The molecule has 5 atom stereocenters. The highest BCUT2D eigenvalue weighted by molar-refractivity contribution is 7.23. The molecule has 10 nitrogen and oxygen atoms in total. The summed E-state index contributed by atoms with van der Waals surface area (Å²) in [6, 6.07) is 3.93. The lowest BCUT2D eigenvalue weighted by atomic mass is 9.90. The Balaban J connectivity index is 1.21. The number of alkyl halides is 4. The number of anilines is 2. The number of rotatable bonds is 7. The van der Waals surface area contributed by atoms with Gasteiger partial charge in [0.15, 0.2) is 11.9 Å². The molecule has 5 aliphatic heterocycles. The van der Waals surface area contributed by atoms with Crippen LogP contribution in [0.5, 0.6) is 6.01 Å². The molecule has 2 aromatic carbocycles. The second kappa shape index (κ2) is 12.6. The fraction of sp³-hybridized carbons (Fsp3) is 0.528. The third kappa shape index (κ3) is 5.50. The van der Waals surface area contributed by atoms with E-state index < -0.39 is 42.2 Å². The Hall–Kier alpha value is -3.95. The summed E-state index contributed by atoms with van der Waals surface area (Å²) in [6.45, 7) is 0.858. The molecular weight excluding hydrogens is 724 g/mol. The molecule has 3 unspecified atom stereocenters. The summed E-state index contributed by atoms with van der Waals surface area (Å²) in [5.41, 5.74) is 6.12. The molecule has 4 saturated heterocycles. The molecule has 0 saturated carbocycles. The number of nitrogens with zero attached hydrogens (tertiary/aromatic N) is 6. The highest BCUT2D eigenvalue weighted by Crippen LogP contribution is 2.49. The molecule has 4 aromatic rings. The molecule has 9 rings (SSSR count). The number of nitrogen functional groups attached to an aromatic ring is 1. The number of aliphatic hydroxyl groups excluding tert-OH is 1. The van der Waals surface area contributed by atoms with Crippen molar-refractivity contribution in [2.45, 2.75) is 81.4 Å². The highest BCUT2D eigenvalue weighted by atomic mass is 32.1.